The molecular weight excluding hydrogens is 484 g/mol. The van der Waals surface area contributed by atoms with Gasteiger partial charge in [-0.3, -0.25) is 0 Å². The second kappa shape index (κ2) is 14.6. The van der Waals surface area contributed by atoms with E-state index in [2.05, 4.69) is 6.58 Å². The van der Waals surface area contributed by atoms with Crippen molar-refractivity contribution in [3.63, 3.8) is 0 Å². The highest BCUT2D eigenvalue weighted by atomic mass is 16.7. The Hall–Kier alpha value is -3.33. The summed E-state index contributed by atoms with van der Waals surface area (Å²) >= 11 is 0. The summed E-state index contributed by atoms with van der Waals surface area (Å²) in [5, 5.41) is 0. The van der Waals surface area contributed by atoms with Crippen LogP contribution in [0.4, 0.5) is 0 Å². The van der Waals surface area contributed by atoms with Crippen molar-refractivity contribution < 1.29 is 33.2 Å². The number of rotatable bonds is 13. The van der Waals surface area contributed by atoms with E-state index in [0.717, 1.165) is 16.7 Å². The first-order valence-corrected chi connectivity index (χ1v) is 12.6. The van der Waals surface area contributed by atoms with Crippen molar-refractivity contribution in [3.8, 4) is 0 Å². The first-order chi connectivity index (χ1) is 18.7. The highest BCUT2D eigenvalue weighted by Crippen LogP contribution is 2.31. The van der Waals surface area contributed by atoms with Crippen LogP contribution in [0.25, 0.3) is 0 Å². The molecule has 0 unspecified atom stereocenters. The summed E-state index contributed by atoms with van der Waals surface area (Å²) in [6.07, 6.45) is -2.64. The number of benzene rings is 3. The maximum absolute atomic E-state index is 12.9. The lowest BCUT2D eigenvalue weighted by Gasteiger charge is -2.44. The standard InChI is InChI=1S/C31H34O7/c1-3-19-34-31-29(37-22-25-17-11-6-12-18-25)27(36-21-24-15-9-5-10-16-24)26(28(38-31)30(32)33-2)35-20-23-13-7-4-8-14-23/h3-18,26-29,31H,1,19-22H2,2H3/t26-,27-,28-,29+,31-/m0/s1. The average molecular weight is 519 g/mol. The molecule has 4 rings (SSSR count). The van der Waals surface area contributed by atoms with Crippen LogP contribution in [0.15, 0.2) is 104 Å². The van der Waals surface area contributed by atoms with Gasteiger partial charge in [0.2, 0.25) is 0 Å². The Balaban J connectivity index is 1.65. The lowest BCUT2D eigenvalue weighted by atomic mass is 9.97. The molecule has 5 atom stereocenters. The number of carbonyl (C=O) groups is 1. The molecule has 1 saturated heterocycles. The third-order valence-electron chi connectivity index (χ3n) is 6.16. The number of hydrogen-bond acceptors (Lipinski definition) is 7. The SMILES string of the molecule is C=CCO[C@H]1O[C@H](C(=O)OC)[C@@H](OCc2ccccc2)[C@H](OCc2ccccc2)[C@H]1OCc1ccccc1. The molecular formula is C31H34O7. The number of hydrogen-bond donors (Lipinski definition) is 0. The van der Waals surface area contributed by atoms with Gasteiger partial charge in [-0.2, -0.15) is 0 Å². The van der Waals surface area contributed by atoms with Gasteiger partial charge >= 0.3 is 5.97 Å². The molecule has 1 heterocycles. The lowest BCUT2D eigenvalue weighted by Crippen LogP contribution is -2.62. The third-order valence-corrected chi connectivity index (χ3v) is 6.16. The van der Waals surface area contributed by atoms with Gasteiger partial charge < -0.3 is 28.4 Å². The van der Waals surface area contributed by atoms with Gasteiger partial charge in [0.05, 0.1) is 33.5 Å². The smallest absolute Gasteiger partial charge is 0.337 e. The van der Waals surface area contributed by atoms with E-state index in [1.807, 2.05) is 91.0 Å². The van der Waals surface area contributed by atoms with Crippen molar-refractivity contribution in [2.24, 2.45) is 0 Å². The molecule has 1 aliphatic heterocycles. The normalized spacial score (nSPS) is 23.0. The molecule has 3 aromatic carbocycles. The van der Waals surface area contributed by atoms with Crippen molar-refractivity contribution in [2.45, 2.75) is 50.5 Å². The van der Waals surface area contributed by atoms with E-state index in [1.54, 1.807) is 6.08 Å². The molecule has 0 amide bonds. The van der Waals surface area contributed by atoms with Gasteiger partial charge in [0.1, 0.15) is 18.3 Å². The fourth-order valence-corrected chi connectivity index (χ4v) is 4.26. The summed E-state index contributed by atoms with van der Waals surface area (Å²) in [4.78, 5) is 12.9. The van der Waals surface area contributed by atoms with Crippen LogP contribution < -0.4 is 0 Å². The van der Waals surface area contributed by atoms with Crippen molar-refractivity contribution in [2.75, 3.05) is 13.7 Å². The molecule has 3 aromatic rings. The van der Waals surface area contributed by atoms with Crippen molar-refractivity contribution in [1.29, 1.82) is 0 Å². The Kier molecular flexibility index (Phi) is 10.6. The van der Waals surface area contributed by atoms with Gasteiger partial charge in [-0.05, 0) is 16.7 Å². The molecule has 0 bridgehead atoms. The third kappa shape index (κ3) is 7.60. The van der Waals surface area contributed by atoms with E-state index in [-0.39, 0.29) is 19.8 Å². The molecule has 0 saturated carbocycles. The van der Waals surface area contributed by atoms with Crippen molar-refractivity contribution in [1.82, 2.24) is 0 Å². The summed E-state index contributed by atoms with van der Waals surface area (Å²) in [6.45, 7) is 4.76. The molecule has 7 nitrogen and oxygen atoms in total. The molecule has 0 spiro atoms. The van der Waals surface area contributed by atoms with E-state index >= 15 is 0 Å². The summed E-state index contributed by atoms with van der Waals surface area (Å²) < 4.78 is 36.4. The van der Waals surface area contributed by atoms with Crippen LogP contribution in [-0.4, -0.2) is 50.4 Å². The molecule has 200 valence electrons. The van der Waals surface area contributed by atoms with Gasteiger partial charge in [-0.25, -0.2) is 4.79 Å². The van der Waals surface area contributed by atoms with Crippen molar-refractivity contribution >= 4 is 5.97 Å². The van der Waals surface area contributed by atoms with Crippen LogP contribution in [0.1, 0.15) is 16.7 Å². The zero-order chi connectivity index (χ0) is 26.6. The number of methoxy groups -OCH3 is 1. The molecule has 1 fully saturated rings. The van der Waals surface area contributed by atoms with E-state index in [1.165, 1.54) is 7.11 Å². The fraction of sp³-hybridized carbons (Fsp3) is 0.323. The van der Waals surface area contributed by atoms with Gasteiger partial charge in [-0.1, -0.05) is 97.1 Å². The van der Waals surface area contributed by atoms with Crippen LogP contribution in [0, 0.1) is 0 Å². The minimum atomic E-state index is -1.09. The fourth-order valence-electron chi connectivity index (χ4n) is 4.26. The van der Waals surface area contributed by atoms with Gasteiger partial charge in [-0.15, -0.1) is 6.58 Å². The van der Waals surface area contributed by atoms with Crippen LogP contribution in [0.5, 0.6) is 0 Å². The zero-order valence-electron chi connectivity index (χ0n) is 21.5. The van der Waals surface area contributed by atoms with Crippen LogP contribution in [0.2, 0.25) is 0 Å². The highest BCUT2D eigenvalue weighted by molar-refractivity contribution is 5.75. The van der Waals surface area contributed by atoms with E-state index < -0.39 is 36.7 Å². The zero-order valence-corrected chi connectivity index (χ0v) is 21.5. The predicted octanol–water partition coefficient (Wildman–Crippen LogP) is 4.84. The van der Waals surface area contributed by atoms with E-state index in [9.17, 15) is 4.79 Å². The molecule has 0 radical (unpaired) electrons. The lowest BCUT2D eigenvalue weighted by molar-refractivity contribution is -0.318. The summed E-state index contributed by atoms with van der Waals surface area (Å²) in [7, 11) is 1.32. The van der Waals surface area contributed by atoms with Crippen LogP contribution >= 0.6 is 0 Å². The summed E-state index contributed by atoms with van der Waals surface area (Å²) in [5.41, 5.74) is 2.90. The quantitative estimate of drug-likeness (QED) is 0.237. The van der Waals surface area contributed by atoms with Crippen LogP contribution in [0.3, 0.4) is 0 Å². The number of esters is 1. The van der Waals surface area contributed by atoms with Gasteiger partial charge in [0, 0.05) is 0 Å². The molecule has 0 aliphatic carbocycles. The predicted molar refractivity (Wildman–Crippen MR) is 142 cm³/mol. The molecule has 1 aliphatic rings. The summed E-state index contributed by atoms with van der Waals surface area (Å²) in [6, 6.07) is 29.3. The van der Waals surface area contributed by atoms with Crippen LogP contribution in [-0.2, 0) is 53.0 Å². The Morgan fingerprint density at radius 3 is 1.61 bits per heavy atom. The van der Waals surface area contributed by atoms with Gasteiger partial charge in [0.25, 0.3) is 0 Å². The minimum Gasteiger partial charge on any atom is -0.467 e. The monoisotopic (exact) mass is 518 g/mol. The van der Waals surface area contributed by atoms with Crippen molar-refractivity contribution in [3.05, 3.63) is 120 Å². The Morgan fingerprint density at radius 2 is 1.16 bits per heavy atom. The average Bonchev–Trinajstić information content (AvgIpc) is 2.98. The number of ether oxygens (including phenoxy) is 6. The Morgan fingerprint density at radius 1 is 0.711 bits per heavy atom. The number of carbonyl (C=O) groups excluding carboxylic acids is 1. The molecule has 38 heavy (non-hydrogen) atoms. The van der Waals surface area contributed by atoms with Gasteiger partial charge in [0.15, 0.2) is 12.4 Å². The minimum absolute atomic E-state index is 0.199. The molecule has 0 N–H and O–H groups in total. The topological polar surface area (TPSA) is 72.5 Å². The Bertz CT molecular complexity index is 1110. The first kappa shape index (κ1) is 27.7. The van der Waals surface area contributed by atoms with E-state index in [4.69, 9.17) is 28.4 Å². The largest absolute Gasteiger partial charge is 0.467 e. The molecule has 7 heteroatoms. The second-order valence-electron chi connectivity index (χ2n) is 8.85. The Labute approximate surface area is 223 Å². The first-order valence-electron chi connectivity index (χ1n) is 12.6. The summed E-state index contributed by atoms with van der Waals surface area (Å²) in [5.74, 6) is -0.579. The molecule has 0 aromatic heterocycles. The van der Waals surface area contributed by atoms with E-state index in [0.29, 0.717) is 6.61 Å². The maximum atomic E-state index is 12.9. The second-order valence-corrected chi connectivity index (χ2v) is 8.85. The highest BCUT2D eigenvalue weighted by Gasteiger charge is 2.52. The maximum Gasteiger partial charge on any atom is 0.337 e.